The summed E-state index contributed by atoms with van der Waals surface area (Å²) in [6, 6.07) is 16.2. The third-order valence-electron chi connectivity index (χ3n) is 4.21. The second-order valence-corrected chi connectivity index (χ2v) is 8.33. The highest BCUT2D eigenvalue weighted by Gasteiger charge is 2.13. The van der Waals surface area contributed by atoms with Crippen molar-refractivity contribution < 1.29 is 14.6 Å². The first-order chi connectivity index (χ1) is 12.8. The van der Waals surface area contributed by atoms with E-state index in [9.17, 15) is 4.79 Å². The zero-order valence-electron chi connectivity index (χ0n) is 15.7. The molecule has 0 radical (unpaired) electrons. The van der Waals surface area contributed by atoms with Crippen LogP contribution >= 0.6 is 11.3 Å². The van der Waals surface area contributed by atoms with Crippen LogP contribution in [0.4, 0.5) is 0 Å². The van der Waals surface area contributed by atoms with Crippen LogP contribution in [0.15, 0.2) is 53.9 Å². The molecule has 3 rings (SSSR count). The van der Waals surface area contributed by atoms with E-state index in [-0.39, 0.29) is 11.8 Å². The van der Waals surface area contributed by atoms with Crippen LogP contribution in [-0.4, -0.2) is 16.1 Å². The van der Waals surface area contributed by atoms with Crippen LogP contribution in [0.1, 0.15) is 37.6 Å². The van der Waals surface area contributed by atoms with Crippen LogP contribution in [0.25, 0.3) is 10.6 Å². The Morgan fingerprint density at radius 2 is 1.74 bits per heavy atom. The van der Waals surface area contributed by atoms with Gasteiger partial charge >= 0.3 is 5.97 Å². The van der Waals surface area contributed by atoms with Gasteiger partial charge in [0, 0.05) is 10.9 Å². The molecule has 0 amide bonds. The lowest BCUT2D eigenvalue weighted by molar-refractivity contribution is -0.136. The lowest BCUT2D eigenvalue weighted by Gasteiger charge is -2.19. The Bertz CT molecular complexity index is 906. The summed E-state index contributed by atoms with van der Waals surface area (Å²) < 4.78 is 5.87. The van der Waals surface area contributed by atoms with E-state index in [1.807, 2.05) is 36.4 Å². The molecule has 27 heavy (non-hydrogen) atoms. The van der Waals surface area contributed by atoms with Gasteiger partial charge in [0.1, 0.15) is 17.4 Å². The number of carboxylic acid groups (broad SMARTS) is 1. The van der Waals surface area contributed by atoms with Crippen LogP contribution < -0.4 is 4.74 Å². The van der Waals surface area contributed by atoms with Crippen molar-refractivity contribution in [3.63, 3.8) is 0 Å². The number of hydrogen-bond donors (Lipinski definition) is 1. The molecule has 0 aliphatic rings. The molecule has 1 heterocycles. The molecule has 4 nitrogen and oxygen atoms in total. The summed E-state index contributed by atoms with van der Waals surface area (Å²) in [4.78, 5) is 15.1. The number of carbonyl (C=O) groups is 1. The number of aliphatic carboxylic acids is 1. The fourth-order valence-electron chi connectivity index (χ4n) is 2.64. The standard InChI is InChI=1S/C22H23NO3S/c1-22(2,3)17-8-10-19(11-9-17)26-13-15-4-6-16(7-5-15)21-23-18(14-27-21)12-20(24)25/h4-11,14H,12-13H2,1-3H3,(H,24,25). The smallest absolute Gasteiger partial charge is 0.309 e. The molecule has 0 fully saturated rings. The zero-order chi connectivity index (χ0) is 19.4. The molecule has 2 aromatic carbocycles. The molecule has 1 aromatic heterocycles. The number of carboxylic acids is 1. The van der Waals surface area contributed by atoms with E-state index >= 15 is 0 Å². The predicted octanol–water partition coefficient (Wildman–Crippen LogP) is 5.31. The summed E-state index contributed by atoms with van der Waals surface area (Å²) in [6.07, 6.45) is -0.0452. The van der Waals surface area contributed by atoms with Crippen LogP contribution in [0, 0.1) is 0 Å². The Kier molecular flexibility index (Phi) is 5.61. The normalized spacial score (nSPS) is 11.4. The van der Waals surface area contributed by atoms with E-state index in [1.54, 1.807) is 5.38 Å². The minimum absolute atomic E-state index is 0.0452. The van der Waals surface area contributed by atoms with E-state index in [1.165, 1.54) is 16.9 Å². The molecule has 3 aromatic rings. The fourth-order valence-corrected chi connectivity index (χ4v) is 3.46. The van der Waals surface area contributed by atoms with Crippen molar-refractivity contribution in [1.29, 1.82) is 0 Å². The summed E-state index contributed by atoms with van der Waals surface area (Å²) in [5.41, 5.74) is 4.06. The van der Waals surface area contributed by atoms with Crippen LogP contribution in [0.2, 0.25) is 0 Å². The Balaban J connectivity index is 1.61. The van der Waals surface area contributed by atoms with E-state index < -0.39 is 5.97 Å². The Labute approximate surface area is 163 Å². The van der Waals surface area contributed by atoms with Gasteiger partial charge in [-0.25, -0.2) is 4.98 Å². The molecule has 5 heteroatoms. The van der Waals surface area contributed by atoms with Gasteiger partial charge in [-0.1, -0.05) is 57.2 Å². The van der Waals surface area contributed by atoms with Crippen molar-refractivity contribution in [3.05, 3.63) is 70.7 Å². The van der Waals surface area contributed by atoms with E-state index in [0.29, 0.717) is 12.3 Å². The van der Waals surface area contributed by atoms with Gasteiger partial charge in [0.15, 0.2) is 0 Å². The number of benzene rings is 2. The van der Waals surface area contributed by atoms with Gasteiger partial charge in [-0.3, -0.25) is 4.79 Å². The lowest BCUT2D eigenvalue weighted by atomic mass is 9.87. The first kappa shape index (κ1) is 19.1. The quantitative estimate of drug-likeness (QED) is 0.628. The molecule has 0 unspecified atom stereocenters. The minimum Gasteiger partial charge on any atom is -0.489 e. The number of aromatic nitrogens is 1. The average molecular weight is 381 g/mol. The lowest BCUT2D eigenvalue weighted by Crippen LogP contribution is -2.10. The molecule has 140 valence electrons. The molecule has 0 saturated heterocycles. The summed E-state index contributed by atoms with van der Waals surface area (Å²) >= 11 is 1.46. The fraction of sp³-hybridized carbons (Fsp3) is 0.273. The van der Waals surface area contributed by atoms with Gasteiger partial charge in [0.2, 0.25) is 0 Å². The second-order valence-electron chi connectivity index (χ2n) is 7.47. The van der Waals surface area contributed by atoms with Gasteiger partial charge in [-0.2, -0.15) is 0 Å². The van der Waals surface area contributed by atoms with Crippen LogP contribution in [0.5, 0.6) is 5.75 Å². The summed E-state index contributed by atoms with van der Waals surface area (Å²) in [7, 11) is 0. The highest BCUT2D eigenvalue weighted by atomic mass is 32.1. The van der Waals surface area contributed by atoms with Crippen LogP contribution in [0.3, 0.4) is 0 Å². The first-order valence-corrected chi connectivity index (χ1v) is 9.68. The highest BCUT2D eigenvalue weighted by molar-refractivity contribution is 7.13. The van der Waals surface area contributed by atoms with Gasteiger partial charge in [0.25, 0.3) is 0 Å². The van der Waals surface area contributed by atoms with Gasteiger partial charge < -0.3 is 9.84 Å². The summed E-state index contributed by atoms with van der Waals surface area (Å²) in [5, 5.41) is 11.5. The van der Waals surface area contributed by atoms with Crippen molar-refractivity contribution in [2.24, 2.45) is 0 Å². The van der Waals surface area contributed by atoms with Gasteiger partial charge in [-0.05, 0) is 28.7 Å². The maximum absolute atomic E-state index is 10.8. The molecular weight excluding hydrogens is 358 g/mol. The van der Waals surface area contributed by atoms with Crippen molar-refractivity contribution >= 4 is 17.3 Å². The summed E-state index contributed by atoms with van der Waals surface area (Å²) in [5.74, 6) is -0.0137. The van der Waals surface area contributed by atoms with Crippen molar-refractivity contribution in [3.8, 4) is 16.3 Å². The molecule has 0 atom stereocenters. The number of rotatable bonds is 6. The first-order valence-electron chi connectivity index (χ1n) is 8.80. The number of ether oxygens (including phenoxy) is 1. The van der Waals surface area contributed by atoms with Crippen molar-refractivity contribution in [1.82, 2.24) is 4.98 Å². The van der Waals surface area contributed by atoms with E-state index in [2.05, 4.69) is 37.9 Å². The third-order valence-corrected chi connectivity index (χ3v) is 5.15. The molecule has 0 aliphatic heterocycles. The topological polar surface area (TPSA) is 59.4 Å². The summed E-state index contributed by atoms with van der Waals surface area (Å²) in [6.45, 7) is 7.07. The molecular formula is C22H23NO3S. The molecule has 0 bridgehead atoms. The van der Waals surface area contributed by atoms with E-state index in [0.717, 1.165) is 21.9 Å². The SMILES string of the molecule is CC(C)(C)c1ccc(OCc2ccc(-c3nc(CC(=O)O)cs3)cc2)cc1. The maximum Gasteiger partial charge on any atom is 0.309 e. The molecule has 0 spiro atoms. The van der Waals surface area contributed by atoms with Gasteiger partial charge in [0.05, 0.1) is 12.1 Å². The molecule has 0 saturated carbocycles. The number of thiazole rings is 1. The second kappa shape index (κ2) is 7.92. The van der Waals surface area contributed by atoms with Crippen molar-refractivity contribution in [2.45, 2.75) is 39.2 Å². The average Bonchev–Trinajstić information content (AvgIpc) is 3.08. The monoisotopic (exact) mass is 381 g/mol. The molecule has 1 N–H and O–H groups in total. The molecule has 0 aliphatic carbocycles. The maximum atomic E-state index is 10.8. The van der Waals surface area contributed by atoms with E-state index in [4.69, 9.17) is 9.84 Å². The Morgan fingerprint density at radius 1 is 1.07 bits per heavy atom. The number of nitrogens with zero attached hydrogens (tertiary/aromatic N) is 1. The minimum atomic E-state index is -0.866. The highest BCUT2D eigenvalue weighted by Crippen LogP contribution is 2.26. The largest absolute Gasteiger partial charge is 0.489 e. The van der Waals surface area contributed by atoms with Crippen molar-refractivity contribution in [2.75, 3.05) is 0 Å². The Morgan fingerprint density at radius 3 is 2.33 bits per heavy atom. The number of hydrogen-bond acceptors (Lipinski definition) is 4. The zero-order valence-corrected chi connectivity index (χ0v) is 16.5. The third kappa shape index (κ3) is 5.17. The van der Waals surface area contributed by atoms with Gasteiger partial charge in [-0.15, -0.1) is 11.3 Å². The van der Waals surface area contributed by atoms with Crippen LogP contribution in [-0.2, 0) is 23.2 Å². The Hall–Kier alpha value is -2.66. The predicted molar refractivity (Wildman–Crippen MR) is 108 cm³/mol.